The second-order valence-corrected chi connectivity index (χ2v) is 5.25. The average Bonchev–Trinajstić information content (AvgIpc) is 2.51. The lowest BCUT2D eigenvalue weighted by Gasteiger charge is -2.10. The molecule has 0 amide bonds. The van der Waals surface area contributed by atoms with Crippen LogP contribution >= 0.6 is 46.4 Å². The third-order valence-electron chi connectivity index (χ3n) is 2.35. The monoisotopic (exact) mass is 382 g/mol. The molecule has 0 bridgehead atoms. The Bertz CT molecular complexity index is 573. The maximum absolute atomic E-state index is 9.89. The molecule has 2 rings (SSSR count). The van der Waals surface area contributed by atoms with Gasteiger partial charge in [-0.3, -0.25) is 0 Å². The minimum atomic E-state index is -0.199. The van der Waals surface area contributed by atoms with E-state index in [1.165, 1.54) is 24.3 Å². The molecule has 0 unspecified atom stereocenters. The first-order valence-corrected chi connectivity index (χ1v) is 8.27. The van der Waals surface area contributed by atoms with Gasteiger partial charge in [0.15, 0.2) is 0 Å². The third-order valence-corrected chi connectivity index (χ3v) is 3.36. The number of hydrogen-bond acceptors (Lipinski definition) is 2. The van der Waals surface area contributed by atoms with Crippen molar-refractivity contribution in [2.24, 2.45) is 0 Å². The van der Waals surface area contributed by atoms with E-state index in [0.29, 0.717) is 10.0 Å². The van der Waals surface area contributed by atoms with E-state index in [1.54, 1.807) is 0 Å². The van der Waals surface area contributed by atoms with Gasteiger partial charge in [-0.25, -0.2) is 0 Å². The Morgan fingerprint density at radius 3 is 1.14 bits per heavy atom. The Labute approximate surface area is 151 Å². The lowest BCUT2D eigenvalue weighted by atomic mass is 10.0. The van der Waals surface area contributed by atoms with Crippen LogP contribution in [-0.4, -0.2) is 10.2 Å². The van der Waals surface area contributed by atoms with E-state index in [2.05, 4.69) is 0 Å². The zero-order valence-corrected chi connectivity index (χ0v) is 15.7. The first-order valence-electron chi connectivity index (χ1n) is 6.76. The summed E-state index contributed by atoms with van der Waals surface area (Å²) in [5, 5.41) is 20.6. The molecule has 2 aromatic carbocycles. The van der Waals surface area contributed by atoms with Crippen LogP contribution in [0, 0.1) is 0 Å². The maximum atomic E-state index is 9.89. The van der Waals surface area contributed by atoms with Crippen molar-refractivity contribution in [2.75, 3.05) is 0 Å². The SMILES string of the molecule is CC.CC.Oc1c(Cl)cc(Cl)cc1-c1cc(Cl)cc(Cl)c1O. The van der Waals surface area contributed by atoms with Crippen molar-refractivity contribution >= 4 is 46.4 Å². The minimum absolute atomic E-state index is 0.0768. The van der Waals surface area contributed by atoms with Crippen LogP contribution in [0.15, 0.2) is 24.3 Å². The maximum Gasteiger partial charge on any atom is 0.142 e. The van der Waals surface area contributed by atoms with Gasteiger partial charge in [-0.15, -0.1) is 0 Å². The molecule has 0 spiro atoms. The molecule has 6 heteroatoms. The average molecular weight is 384 g/mol. The van der Waals surface area contributed by atoms with Crippen molar-refractivity contribution in [3.8, 4) is 22.6 Å². The molecule has 122 valence electrons. The molecule has 0 heterocycles. The van der Waals surface area contributed by atoms with Gasteiger partial charge in [0.2, 0.25) is 0 Å². The summed E-state index contributed by atoms with van der Waals surface area (Å²) >= 11 is 23.4. The second kappa shape index (κ2) is 10.1. The lowest BCUT2D eigenvalue weighted by molar-refractivity contribution is 0.469. The molecule has 2 N–H and O–H groups in total. The van der Waals surface area contributed by atoms with Gasteiger partial charge in [-0.2, -0.15) is 0 Å². The minimum Gasteiger partial charge on any atom is -0.506 e. The fourth-order valence-electron chi connectivity index (χ4n) is 1.54. The summed E-state index contributed by atoms with van der Waals surface area (Å²) in [6, 6.07) is 5.71. The molecule has 0 fully saturated rings. The molecule has 2 aromatic rings. The fourth-order valence-corrected chi connectivity index (χ4v) is 2.53. The van der Waals surface area contributed by atoms with Gasteiger partial charge < -0.3 is 10.2 Å². The second-order valence-electron chi connectivity index (χ2n) is 3.57. The van der Waals surface area contributed by atoms with Crippen molar-refractivity contribution in [1.29, 1.82) is 0 Å². The third kappa shape index (κ3) is 5.13. The highest BCUT2D eigenvalue weighted by Crippen LogP contribution is 2.44. The first-order chi connectivity index (χ1) is 10.4. The summed E-state index contributed by atoms with van der Waals surface area (Å²) in [4.78, 5) is 0. The number of rotatable bonds is 1. The lowest BCUT2D eigenvalue weighted by Crippen LogP contribution is -1.84. The van der Waals surface area contributed by atoms with Gasteiger partial charge in [0.05, 0.1) is 10.0 Å². The number of phenols is 2. The van der Waals surface area contributed by atoms with E-state index < -0.39 is 0 Å². The highest BCUT2D eigenvalue weighted by atomic mass is 35.5. The highest BCUT2D eigenvalue weighted by molar-refractivity contribution is 6.37. The number of aromatic hydroxyl groups is 2. The largest absolute Gasteiger partial charge is 0.506 e. The molecular weight excluding hydrogens is 366 g/mol. The standard InChI is InChI=1S/C12H6Cl4O2.2C2H6/c13-5-1-7(11(17)9(15)3-5)8-2-6(14)4-10(16)12(8)18;2*1-2/h1-4,17-18H;2*1-2H3. The van der Waals surface area contributed by atoms with Crippen LogP contribution in [0.3, 0.4) is 0 Å². The predicted octanol–water partition coefficient (Wildman–Crippen LogP) is 7.43. The predicted molar refractivity (Wildman–Crippen MR) is 97.9 cm³/mol. The summed E-state index contributed by atoms with van der Waals surface area (Å²) < 4.78 is 0. The fraction of sp³-hybridized carbons (Fsp3) is 0.250. The Hall–Kier alpha value is -0.800. The van der Waals surface area contributed by atoms with Gasteiger partial charge in [0.1, 0.15) is 11.5 Å². The van der Waals surface area contributed by atoms with Crippen molar-refractivity contribution in [1.82, 2.24) is 0 Å². The van der Waals surface area contributed by atoms with Crippen LogP contribution < -0.4 is 0 Å². The van der Waals surface area contributed by atoms with E-state index in [9.17, 15) is 10.2 Å². The van der Waals surface area contributed by atoms with Crippen LogP contribution in [0.25, 0.3) is 11.1 Å². The molecule has 2 nitrogen and oxygen atoms in total. The molecule has 0 atom stereocenters. The summed E-state index contributed by atoms with van der Waals surface area (Å²) in [7, 11) is 0. The highest BCUT2D eigenvalue weighted by Gasteiger charge is 2.16. The number of phenolic OH excluding ortho intramolecular Hbond substituents is 2. The van der Waals surface area contributed by atoms with E-state index >= 15 is 0 Å². The van der Waals surface area contributed by atoms with Crippen LogP contribution in [-0.2, 0) is 0 Å². The first kappa shape index (κ1) is 21.2. The molecular formula is C16H18Cl4O2. The van der Waals surface area contributed by atoms with Crippen molar-refractivity contribution in [3.63, 3.8) is 0 Å². The Morgan fingerprint density at radius 2 is 0.864 bits per heavy atom. The molecule has 0 saturated carbocycles. The molecule has 0 aliphatic rings. The molecule has 0 saturated heterocycles. The Kier molecular flexibility index (Phi) is 9.70. The smallest absolute Gasteiger partial charge is 0.142 e. The van der Waals surface area contributed by atoms with E-state index in [-0.39, 0.29) is 32.7 Å². The number of hydrogen-bond donors (Lipinski definition) is 2. The van der Waals surface area contributed by atoms with E-state index in [0.717, 1.165) is 0 Å². The topological polar surface area (TPSA) is 40.5 Å². The van der Waals surface area contributed by atoms with Crippen LogP contribution in [0.2, 0.25) is 20.1 Å². The van der Waals surface area contributed by atoms with Gasteiger partial charge in [0, 0.05) is 21.2 Å². The normalized spacial score (nSPS) is 9.27. The summed E-state index contributed by atoms with van der Waals surface area (Å²) in [6.45, 7) is 8.00. The molecule has 0 aliphatic heterocycles. The van der Waals surface area contributed by atoms with Crippen LogP contribution in [0.4, 0.5) is 0 Å². The summed E-state index contributed by atoms with van der Waals surface area (Å²) in [5.41, 5.74) is 0.517. The van der Waals surface area contributed by atoms with Gasteiger partial charge >= 0.3 is 0 Å². The van der Waals surface area contributed by atoms with Gasteiger partial charge in [-0.05, 0) is 24.3 Å². The summed E-state index contributed by atoms with van der Waals surface area (Å²) in [6.07, 6.45) is 0. The zero-order chi connectivity index (χ0) is 17.4. The Morgan fingerprint density at radius 1 is 0.591 bits per heavy atom. The molecule has 22 heavy (non-hydrogen) atoms. The molecule has 0 radical (unpaired) electrons. The van der Waals surface area contributed by atoms with Crippen LogP contribution in [0.1, 0.15) is 27.7 Å². The number of benzene rings is 2. The zero-order valence-electron chi connectivity index (χ0n) is 12.7. The van der Waals surface area contributed by atoms with Crippen molar-refractivity contribution in [2.45, 2.75) is 27.7 Å². The summed E-state index contributed by atoms with van der Waals surface area (Å²) in [5.74, 6) is -0.399. The van der Waals surface area contributed by atoms with Crippen molar-refractivity contribution < 1.29 is 10.2 Å². The van der Waals surface area contributed by atoms with Gasteiger partial charge in [-0.1, -0.05) is 74.1 Å². The molecule has 0 aromatic heterocycles. The number of halogens is 4. The van der Waals surface area contributed by atoms with Crippen LogP contribution in [0.5, 0.6) is 11.5 Å². The Balaban J connectivity index is 0.00000102. The van der Waals surface area contributed by atoms with E-state index in [4.69, 9.17) is 46.4 Å². The van der Waals surface area contributed by atoms with E-state index in [1.807, 2.05) is 27.7 Å². The van der Waals surface area contributed by atoms with Crippen molar-refractivity contribution in [3.05, 3.63) is 44.4 Å². The van der Waals surface area contributed by atoms with Gasteiger partial charge in [0.25, 0.3) is 0 Å². The molecule has 0 aliphatic carbocycles. The quantitative estimate of drug-likeness (QED) is 0.537.